The molecule has 0 amide bonds. The van der Waals surface area contributed by atoms with E-state index in [1.54, 1.807) is 42.6 Å². The molecule has 0 bridgehead atoms. The number of benzene rings is 1. The van der Waals surface area contributed by atoms with E-state index in [1.807, 2.05) is 6.92 Å². The number of aryl methyl sites for hydroxylation is 1. The molecule has 102 valence electrons. The van der Waals surface area contributed by atoms with Gasteiger partial charge in [-0.05, 0) is 31.2 Å². The van der Waals surface area contributed by atoms with Crippen LogP contribution in [-0.2, 0) is 10.0 Å². The molecule has 2 heterocycles. The average Bonchev–Trinajstić information content (AvgIpc) is 2.85. The van der Waals surface area contributed by atoms with Crippen LogP contribution in [0.4, 0.5) is 0 Å². The van der Waals surface area contributed by atoms with Crippen LogP contribution in [0.1, 0.15) is 5.56 Å². The van der Waals surface area contributed by atoms with E-state index in [0.717, 1.165) is 10.9 Å². The highest BCUT2D eigenvalue weighted by Crippen LogP contribution is 2.26. The summed E-state index contributed by atoms with van der Waals surface area (Å²) >= 11 is 6.03. The Morgan fingerprint density at radius 3 is 2.50 bits per heavy atom. The van der Waals surface area contributed by atoms with Gasteiger partial charge in [-0.2, -0.15) is 0 Å². The van der Waals surface area contributed by atoms with Crippen molar-refractivity contribution in [2.75, 3.05) is 0 Å². The zero-order valence-electron chi connectivity index (χ0n) is 10.6. The maximum absolute atomic E-state index is 12.6. The fourth-order valence-corrected chi connectivity index (χ4v) is 3.71. The first-order valence-corrected chi connectivity index (χ1v) is 7.76. The summed E-state index contributed by atoms with van der Waals surface area (Å²) in [6.45, 7) is 1.91. The molecule has 0 aliphatic rings. The number of hydrogen-bond donors (Lipinski definition) is 0. The molecule has 20 heavy (non-hydrogen) atoms. The third kappa shape index (κ3) is 1.99. The summed E-state index contributed by atoms with van der Waals surface area (Å²) < 4.78 is 26.5. The average molecular weight is 307 g/mol. The number of fused-ring (bicyclic) bond motifs is 1. The minimum Gasteiger partial charge on any atom is -0.242 e. The van der Waals surface area contributed by atoms with Gasteiger partial charge in [0.2, 0.25) is 0 Å². The van der Waals surface area contributed by atoms with Crippen molar-refractivity contribution < 1.29 is 8.42 Å². The molecule has 4 nitrogen and oxygen atoms in total. The molecule has 0 aliphatic carbocycles. The molecular formula is C14H11ClN2O2S. The molecule has 0 spiro atoms. The lowest BCUT2D eigenvalue weighted by atomic mass is 10.2. The van der Waals surface area contributed by atoms with Gasteiger partial charge in [-0.25, -0.2) is 17.4 Å². The molecule has 2 aromatic heterocycles. The summed E-state index contributed by atoms with van der Waals surface area (Å²) in [4.78, 5) is 4.16. The van der Waals surface area contributed by atoms with Crippen molar-refractivity contribution in [1.29, 1.82) is 0 Å². The van der Waals surface area contributed by atoms with Gasteiger partial charge in [0, 0.05) is 17.8 Å². The molecule has 3 rings (SSSR count). The van der Waals surface area contributed by atoms with Crippen LogP contribution in [0.3, 0.4) is 0 Å². The van der Waals surface area contributed by atoms with E-state index in [4.69, 9.17) is 11.6 Å². The molecule has 0 saturated heterocycles. The van der Waals surface area contributed by atoms with E-state index >= 15 is 0 Å². The molecular weight excluding hydrogens is 296 g/mol. The number of halogens is 1. The lowest BCUT2D eigenvalue weighted by molar-refractivity contribution is 0.589. The summed E-state index contributed by atoms with van der Waals surface area (Å²) in [6.07, 6.45) is 3.04. The molecule has 0 fully saturated rings. The lowest BCUT2D eigenvalue weighted by Gasteiger charge is -2.08. The first-order valence-electron chi connectivity index (χ1n) is 5.94. The smallest absolute Gasteiger partial charge is 0.242 e. The molecule has 0 radical (unpaired) electrons. The third-order valence-electron chi connectivity index (χ3n) is 3.10. The van der Waals surface area contributed by atoms with Crippen molar-refractivity contribution in [3.8, 4) is 0 Å². The number of pyridine rings is 1. The van der Waals surface area contributed by atoms with Gasteiger partial charge in [-0.1, -0.05) is 29.3 Å². The quantitative estimate of drug-likeness (QED) is 0.683. The Bertz CT molecular complexity index is 883. The molecule has 6 heteroatoms. The van der Waals surface area contributed by atoms with Gasteiger partial charge in [0.05, 0.1) is 4.90 Å². The van der Waals surface area contributed by atoms with Crippen LogP contribution in [0.2, 0.25) is 5.15 Å². The second-order valence-corrected chi connectivity index (χ2v) is 6.64. The summed E-state index contributed by atoms with van der Waals surface area (Å²) in [6, 6.07) is 10.1. The van der Waals surface area contributed by atoms with Crippen molar-refractivity contribution in [2.24, 2.45) is 0 Å². The number of nitrogens with zero attached hydrogens (tertiary/aromatic N) is 2. The summed E-state index contributed by atoms with van der Waals surface area (Å²) in [5.74, 6) is 0. The molecule has 0 aliphatic heterocycles. The predicted molar refractivity (Wildman–Crippen MR) is 78.5 cm³/mol. The summed E-state index contributed by atoms with van der Waals surface area (Å²) in [5.41, 5.74) is 1.40. The van der Waals surface area contributed by atoms with Crippen LogP contribution in [0, 0.1) is 6.92 Å². The fourth-order valence-electron chi connectivity index (χ4n) is 2.04. The second-order valence-electron chi connectivity index (χ2n) is 4.47. The maximum atomic E-state index is 12.6. The monoisotopic (exact) mass is 306 g/mol. The van der Waals surface area contributed by atoms with Gasteiger partial charge in [0.25, 0.3) is 10.0 Å². The second kappa shape index (κ2) is 4.61. The number of hydrogen-bond acceptors (Lipinski definition) is 3. The van der Waals surface area contributed by atoms with Gasteiger partial charge >= 0.3 is 0 Å². The first kappa shape index (κ1) is 13.1. The van der Waals surface area contributed by atoms with Gasteiger partial charge in [-0.3, -0.25) is 0 Å². The van der Waals surface area contributed by atoms with Crippen molar-refractivity contribution in [3.05, 3.63) is 59.5 Å². The minimum absolute atomic E-state index is 0.170. The molecule has 1 aromatic carbocycles. The van der Waals surface area contributed by atoms with Crippen LogP contribution in [-0.4, -0.2) is 17.4 Å². The standard InChI is InChI=1S/C14H11ClN2O2S/c1-10-2-4-12(5-3-10)20(18,19)17-9-7-11-6-8-16-14(15)13(11)17/h2-9H,1H3. The highest BCUT2D eigenvalue weighted by molar-refractivity contribution is 7.90. The predicted octanol–water partition coefficient (Wildman–Crippen LogP) is 3.24. The van der Waals surface area contributed by atoms with Crippen LogP contribution in [0.5, 0.6) is 0 Å². The Balaban J connectivity index is 2.27. The number of aromatic nitrogens is 2. The zero-order chi connectivity index (χ0) is 14.3. The maximum Gasteiger partial charge on any atom is 0.268 e. The Kier molecular flexibility index (Phi) is 3.03. The Hall–Kier alpha value is -1.85. The first-order chi connectivity index (χ1) is 9.50. The van der Waals surface area contributed by atoms with E-state index in [-0.39, 0.29) is 10.0 Å². The van der Waals surface area contributed by atoms with Crippen LogP contribution in [0.15, 0.2) is 53.7 Å². The highest BCUT2D eigenvalue weighted by atomic mass is 35.5. The fraction of sp³-hybridized carbons (Fsp3) is 0.0714. The van der Waals surface area contributed by atoms with E-state index in [0.29, 0.717) is 5.52 Å². The largest absolute Gasteiger partial charge is 0.268 e. The van der Waals surface area contributed by atoms with E-state index in [1.165, 1.54) is 10.2 Å². The van der Waals surface area contributed by atoms with Gasteiger partial charge in [-0.15, -0.1) is 0 Å². The molecule has 0 saturated carbocycles. The van der Waals surface area contributed by atoms with Gasteiger partial charge in [0.15, 0.2) is 5.15 Å². The van der Waals surface area contributed by atoms with E-state index in [9.17, 15) is 8.42 Å². The molecule has 0 atom stereocenters. The van der Waals surface area contributed by atoms with Crippen molar-refractivity contribution in [3.63, 3.8) is 0 Å². The molecule has 0 unspecified atom stereocenters. The highest BCUT2D eigenvalue weighted by Gasteiger charge is 2.20. The number of rotatable bonds is 2. The normalized spacial score (nSPS) is 11.9. The topological polar surface area (TPSA) is 52.0 Å². The lowest BCUT2D eigenvalue weighted by Crippen LogP contribution is -2.12. The molecule has 0 N–H and O–H groups in total. The van der Waals surface area contributed by atoms with Crippen LogP contribution >= 0.6 is 11.6 Å². The van der Waals surface area contributed by atoms with Crippen molar-refractivity contribution >= 4 is 32.5 Å². The van der Waals surface area contributed by atoms with Crippen molar-refractivity contribution in [1.82, 2.24) is 8.96 Å². The molecule has 3 aromatic rings. The summed E-state index contributed by atoms with van der Waals surface area (Å²) in [5, 5.41) is 0.906. The van der Waals surface area contributed by atoms with Gasteiger partial charge < -0.3 is 0 Å². The van der Waals surface area contributed by atoms with Crippen LogP contribution < -0.4 is 0 Å². The Labute approximate surface area is 121 Å². The Morgan fingerprint density at radius 2 is 1.80 bits per heavy atom. The SMILES string of the molecule is Cc1ccc(S(=O)(=O)n2ccc3ccnc(Cl)c32)cc1. The van der Waals surface area contributed by atoms with Crippen LogP contribution in [0.25, 0.3) is 10.9 Å². The van der Waals surface area contributed by atoms with E-state index < -0.39 is 10.0 Å². The minimum atomic E-state index is -3.67. The van der Waals surface area contributed by atoms with E-state index in [2.05, 4.69) is 4.98 Å². The van der Waals surface area contributed by atoms with Gasteiger partial charge in [0.1, 0.15) is 5.52 Å². The Morgan fingerprint density at radius 1 is 1.10 bits per heavy atom. The van der Waals surface area contributed by atoms with Crippen molar-refractivity contribution in [2.45, 2.75) is 11.8 Å². The third-order valence-corrected chi connectivity index (χ3v) is 5.07. The summed E-state index contributed by atoms with van der Waals surface area (Å²) in [7, 11) is -3.67. The zero-order valence-corrected chi connectivity index (χ0v) is 12.2.